The van der Waals surface area contributed by atoms with E-state index in [4.69, 9.17) is 18.5 Å². The maximum absolute atomic E-state index is 12.8. The molecule has 0 saturated heterocycles. The van der Waals surface area contributed by atoms with Crippen LogP contribution in [0.4, 0.5) is 0 Å². The number of hydrogen-bond acceptors (Lipinski definition) is 12. The van der Waals surface area contributed by atoms with Crippen molar-refractivity contribution in [2.24, 2.45) is 0 Å². The molecule has 0 aromatic heterocycles. The van der Waals surface area contributed by atoms with Crippen molar-refractivity contribution in [2.45, 2.75) is 256 Å². The van der Waals surface area contributed by atoms with Crippen LogP contribution in [0.15, 0.2) is 12.2 Å². The standard InChI is InChI=1S/C46H87O13P/c1-3-5-7-9-11-13-15-17-18-19-20-21-23-25-27-29-31-33-35-40(48)58-38(37-57-60(54,55)59-46-44(52)42(50)41(49)43(51)45(46)53)36-56-39(47)34-32-30-28-26-24-22-16-14-12-10-8-6-4-2/h22,24,38,41-46,49-53H,3-21,23,25-37H2,1-2H3,(H,54,55)/b24-22+/t38-,41?,42+,43?,44?,45?,46?/m1/s1. The van der Waals surface area contributed by atoms with Gasteiger partial charge in [0, 0.05) is 12.8 Å². The summed E-state index contributed by atoms with van der Waals surface area (Å²) in [5.41, 5.74) is 0. The summed E-state index contributed by atoms with van der Waals surface area (Å²) in [4.78, 5) is 35.7. The van der Waals surface area contributed by atoms with Gasteiger partial charge in [-0.25, -0.2) is 4.57 Å². The molecule has 14 heteroatoms. The number of aliphatic hydroxyl groups excluding tert-OH is 5. The SMILES string of the molecule is CCCCCCCC/C=C/CCCCCC(=O)OC[C@H](COP(=O)(O)OC1C(O)C(O)C(O)[C@H](O)C1O)OC(=O)CCCCCCCCCCCCCCCCCCCC. The van der Waals surface area contributed by atoms with Gasteiger partial charge < -0.3 is 39.9 Å². The minimum Gasteiger partial charge on any atom is -0.462 e. The molecule has 354 valence electrons. The number of unbranched alkanes of at least 4 members (excludes halogenated alkanes) is 26. The Morgan fingerprint density at radius 1 is 0.500 bits per heavy atom. The van der Waals surface area contributed by atoms with Gasteiger partial charge in [-0.2, -0.15) is 0 Å². The second-order valence-corrected chi connectivity index (χ2v) is 18.4. The predicted octanol–water partition coefficient (Wildman–Crippen LogP) is 9.45. The van der Waals surface area contributed by atoms with Crippen LogP contribution in [-0.4, -0.2) is 98.3 Å². The van der Waals surface area contributed by atoms with Gasteiger partial charge in [-0.05, 0) is 38.5 Å². The lowest BCUT2D eigenvalue weighted by atomic mass is 9.85. The summed E-state index contributed by atoms with van der Waals surface area (Å²) in [5.74, 6) is -1.11. The normalized spacial score (nSPS) is 22.2. The van der Waals surface area contributed by atoms with Gasteiger partial charge in [-0.15, -0.1) is 0 Å². The zero-order valence-corrected chi connectivity index (χ0v) is 38.4. The smallest absolute Gasteiger partial charge is 0.462 e. The fraction of sp³-hybridized carbons (Fsp3) is 0.913. The molecule has 1 fully saturated rings. The highest BCUT2D eigenvalue weighted by molar-refractivity contribution is 7.47. The molecule has 0 radical (unpaired) electrons. The van der Waals surface area contributed by atoms with E-state index in [9.17, 15) is 44.6 Å². The Labute approximate surface area is 363 Å². The van der Waals surface area contributed by atoms with Crippen LogP contribution in [0.2, 0.25) is 0 Å². The zero-order chi connectivity index (χ0) is 44.3. The molecule has 1 saturated carbocycles. The third kappa shape index (κ3) is 29.0. The highest BCUT2D eigenvalue weighted by atomic mass is 31.2. The van der Waals surface area contributed by atoms with Crippen LogP contribution in [0.25, 0.3) is 0 Å². The number of aliphatic hydroxyl groups is 5. The van der Waals surface area contributed by atoms with Crippen molar-refractivity contribution < 1.29 is 63.1 Å². The molecule has 1 rings (SSSR count). The molecular formula is C46H87O13P. The summed E-state index contributed by atoms with van der Waals surface area (Å²) < 4.78 is 33.5. The predicted molar refractivity (Wildman–Crippen MR) is 235 cm³/mol. The third-order valence-electron chi connectivity index (χ3n) is 11.4. The summed E-state index contributed by atoms with van der Waals surface area (Å²) >= 11 is 0. The quantitative estimate of drug-likeness (QED) is 0.0147. The number of phosphoric acid groups is 1. The molecule has 8 atom stereocenters. The molecule has 0 heterocycles. The number of carbonyl (C=O) groups is 2. The lowest BCUT2D eigenvalue weighted by Gasteiger charge is -2.41. The molecule has 0 aliphatic heterocycles. The lowest BCUT2D eigenvalue weighted by Crippen LogP contribution is -2.64. The molecule has 0 aromatic carbocycles. The van der Waals surface area contributed by atoms with Gasteiger partial charge in [0.15, 0.2) is 6.10 Å². The summed E-state index contributed by atoms with van der Waals surface area (Å²) in [6, 6.07) is 0. The topological polar surface area (TPSA) is 210 Å². The zero-order valence-electron chi connectivity index (χ0n) is 37.5. The monoisotopic (exact) mass is 879 g/mol. The van der Waals surface area contributed by atoms with Gasteiger partial charge >= 0.3 is 19.8 Å². The minimum atomic E-state index is -5.12. The fourth-order valence-corrected chi connectivity index (χ4v) is 8.43. The first-order chi connectivity index (χ1) is 28.9. The van der Waals surface area contributed by atoms with Crippen molar-refractivity contribution in [1.82, 2.24) is 0 Å². The summed E-state index contributed by atoms with van der Waals surface area (Å²) in [6.07, 6.45) is 25.5. The fourth-order valence-electron chi connectivity index (χ4n) is 7.46. The third-order valence-corrected chi connectivity index (χ3v) is 12.3. The van der Waals surface area contributed by atoms with Crippen molar-refractivity contribution in [3.63, 3.8) is 0 Å². The molecule has 0 aromatic rings. The van der Waals surface area contributed by atoms with E-state index in [1.165, 1.54) is 128 Å². The highest BCUT2D eigenvalue weighted by Crippen LogP contribution is 2.47. The molecule has 6 N–H and O–H groups in total. The van der Waals surface area contributed by atoms with Gasteiger partial charge in [0.05, 0.1) is 6.61 Å². The van der Waals surface area contributed by atoms with Gasteiger partial charge in [-0.3, -0.25) is 18.6 Å². The second kappa shape index (κ2) is 37.0. The van der Waals surface area contributed by atoms with Gasteiger partial charge in [-0.1, -0.05) is 174 Å². The van der Waals surface area contributed by atoms with E-state index in [0.29, 0.717) is 12.8 Å². The number of esters is 2. The molecule has 0 amide bonds. The van der Waals surface area contributed by atoms with Crippen molar-refractivity contribution in [3.8, 4) is 0 Å². The van der Waals surface area contributed by atoms with Crippen LogP contribution in [0.5, 0.6) is 0 Å². The van der Waals surface area contributed by atoms with E-state index < -0.39 is 75.7 Å². The average molecular weight is 879 g/mol. The maximum Gasteiger partial charge on any atom is 0.472 e. The number of ether oxygens (including phenoxy) is 2. The molecule has 6 unspecified atom stereocenters. The number of rotatable bonds is 40. The number of hydrogen-bond donors (Lipinski definition) is 6. The molecular weight excluding hydrogens is 791 g/mol. The first-order valence-corrected chi connectivity index (χ1v) is 25.5. The van der Waals surface area contributed by atoms with E-state index >= 15 is 0 Å². The Bertz CT molecular complexity index is 1110. The van der Waals surface area contributed by atoms with Crippen molar-refractivity contribution in [3.05, 3.63) is 12.2 Å². The molecule has 0 spiro atoms. The Morgan fingerprint density at radius 3 is 1.28 bits per heavy atom. The second-order valence-electron chi connectivity index (χ2n) is 17.0. The summed E-state index contributed by atoms with van der Waals surface area (Å²) in [5, 5.41) is 50.1. The Hall–Kier alpha value is -1.41. The Kier molecular flexibility index (Phi) is 34.9. The number of carbonyl (C=O) groups excluding carboxylic acids is 2. The average Bonchev–Trinajstić information content (AvgIpc) is 3.23. The highest BCUT2D eigenvalue weighted by Gasteiger charge is 2.51. The van der Waals surface area contributed by atoms with Crippen LogP contribution >= 0.6 is 7.82 Å². The summed E-state index contributed by atoms with van der Waals surface area (Å²) in [6.45, 7) is 3.30. The van der Waals surface area contributed by atoms with E-state index in [1.807, 2.05) is 0 Å². The van der Waals surface area contributed by atoms with E-state index in [-0.39, 0.29) is 12.8 Å². The molecule has 1 aliphatic rings. The first kappa shape index (κ1) is 56.6. The van der Waals surface area contributed by atoms with Gasteiger partial charge in [0.1, 0.15) is 43.2 Å². The molecule has 1 aliphatic carbocycles. The minimum absolute atomic E-state index is 0.0996. The van der Waals surface area contributed by atoms with E-state index in [2.05, 4.69) is 26.0 Å². The first-order valence-electron chi connectivity index (χ1n) is 24.0. The van der Waals surface area contributed by atoms with Crippen LogP contribution in [0.1, 0.15) is 213 Å². The molecule has 13 nitrogen and oxygen atoms in total. The van der Waals surface area contributed by atoms with E-state index in [1.54, 1.807) is 0 Å². The van der Waals surface area contributed by atoms with Crippen LogP contribution in [0, 0.1) is 0 Å². The van der Waals surface area contributed by atoms with Crippen molar-refractivity contribution >= 4 is 19.8 Å². The number of allylic oxidation sites excluding steroid dienone is 2. The van der Waals surface area contributed by atoms with Crippen LogP contribution < -0.4 is 0 Å². The summed E-state index contributed by atoms with van der Waals surface area (Å²) in [7, 11) is -5.12. The molecule has 0 bridgehead atoms. The van der Waals surface area contributed by atoms with Crippen molar-refractivity contribution in [1.29, 1.82) is 0 Å². The van der Waals surface area contributed by atoms with Crippen molar-refractivity contribution in [2.75, 3.05) is 13.2 Å². The Balaban J connectivity index is 2.43. The van der Waals surface area contributed by atoms with Crippen LogP contribution in [-0.2, 0) is 32.7 Å². The van der Waals surface area contributed by atoms with Crippen LogP contribution in [0.3, 0.4) is 0 Å². The molecule has 60 heavy (non-hydrogen) atoms. The van der Waals surface area contributed by atoms with Gasteiger partial charge in [0.2, 0.25) is 0 Å². The largest absolute Gasteiger partial charge is 0.472 e. The lowest BCUT2D eigenvalue weighted by molar-refractivity contribution is -0.220. The van der Waals surface area contributed by atoms with Gasteiger partial charge in [0.25, 0.3) is 0 Å². The number of phosphoric ester groups is 1. The Morgan fingerprint density at radius 2 is 0.850 bits per heavy atom. The van der Waals surface area contributed by atoms with E-state index in [0.717, 1.165) is 44.9 Å². The maximum atomic E-state index is 12.8.